The second-order valence-corrected chi connectivity index (χ2v) is 5.15. The highest BCUT2D eigenvalue weighted by Gasteiger charge is 2.40. The summed E-state index contributed by atoms with van der Waals surface area (Å²) in [5.41, 5.74) is 7.61. The molecule has 104 valence electrons. The first-order valence-corrected chi connectivity index (χ1v) is 6.64. The molecule has 0 saturated carbocycles. The first-order chi connectivity index (χ1) is 9.21. The molecular formula is C14H20N2O3. The van der Waals surface area contributed by atoms with Gasteiger partial charge in [-0.05, 0) is 19.3 Å². The number of nitrogen functional groups attached to an aromatic ring is 1. The van der Waals surface area contributed by atoms with Crippen LogP contribution in [-0.2, 0) is 4.74 Å². The molecule has 19 heavy (non-hydrogen) atoms. The van der Waals surface area contributed by atoms with Crippen LogP contribution in [-0.4, -0.2) is 32.5 Å². The predicted octanol–water partition coefficient (Wildman–Crippen LogP) is 2.02. The predicted molar refractivity (Wildman–Crippen MR) is 73.9 cm³/mol. The molecule has 0 amide bonds. The Labute approximate surface area is 113 Å². The second kappa shape index (κ2) is 4.81. The van der Waals surface area contributed by atoms with Gasteiger partial charge < -0.3 is 25.3 Å². The molecule has 2 bridgehead atoms. The Morgan fingerprint density at radius 1 is 1.21 bits per heavy atom. The van der Waals surface area contributed by atoms with E-state index in [-0.39, 0.29) is 0 Å². The molecule has 0 radical (unpaired) electrons. The second-order valence-electron chi connectivity index (χ2n) is 5.15. The van der Waals surface area contributed by atoms with E-state index in [9.17, 15) is 0 Å². The Morgan fingerprint density at radius 2 is 1.95 bits per heavy atom. The molecule has 1 aromatic rings. The Bertz CT molecular complexity index is 478. The standard InChI is InChI=1S/C14H20N2O3/c1-17-13-6-9(15)10(7-14(13)18-2)16-11-5-8-3-4-12(11)19-8/h6-8,11-12,16H,3-5,15H2,1-2H3. The van der Waals surface area contributed by atoms with Crippen LogP contribution in [0.15, 0.2) is 12.1 Å². The minimum atomic E-state index is 0.317. The lowest BCUT2D eigenvalue weighted by Crippen LogP contribution is -2.30. The highest BCUT2D eigenvalue weighted by Crippen LogP contribution is 2.39. The third-order valence-electron chi connectivity index (χ3n) is 4.00. The fourth-order valence-corrected chi connectivity index (χ4v) is 3.01. The topological polar surface area (TPSA) is 65.7 Å². The number of nitrogens with two attached hydrogens (primary N) is 1. The molecule has 0 spiro atoms. The van der Waals surface area contributed by atoms with Crippen LogP contribution >= 0.6 is 0 Å². The van der Waals surface area contributed by atoms with Crippen molar-refractivity contribution in [2.45, 2.75) is 37.5 Å². The summed E-state index contributed by atoms with van der Waals surface area (Å²) in [6.07, 6.45) is 4.11. The summed E-state index contributed by atoms with van der Waals surface area (Å²) in [5.74, 6) is 1.33. The van der Waals surface area contributed by atoms with E-state index in [0.717, 1.165) is 18.5 Å². The van der Waals surface area contributed by atoms with Gasteiger partial charge in [0.05, 0.1) is 43.8 Å². The number of fused-ring (bicyclic) bond motifs is 2. The maximum Gasteiger partial charge on any atom is 0.162 e. The van der Waals surface area contributed by atoms with E-state index in [1.165, 1.54) is 6.42 Å². The molecule has 0 aliphatic carbocycles. The summed E-state index contributed by atoms with van der Waals surface area (Å²) in [6.45, 7) is 0. The van der Waals surface area contributed by atoms with Crippen molar-refractivity contribution in [1.29, 1.82) is 0 Å². The number of hydrogen-bond acceptors (Lipinski definition) is 5. The normalized spacial score (nSPS) is 28.4. The SMILES string of the molecule is COc1cc(N)c(NC2CC3CCC2O3)cc1OC. The number of methoxy groups -OCH3 is 2. The lowest BCUT2D eigenvalue weighted by atomic mass is 9.95. The number of hydrogen-bond donors (Lipinski definition) is 2. The number of anilines is 2. The van der Waals surface area contributed by atoms with E-state index in [4.69, 9.17) is 19.9 Å². The van der Waals surface area contributed by atoms with Crippen LogP contribution in [0.4, 0.5) is 11.4 Å². The molecule has 2 aliphatic rings. The van der Waals surface area contributed by atoms with Crippen molar-refractivity contribution in [1.82, 2.24) is 0 Å². The molecule has 3 unspecified atom stereocenters. The Balaban J connectivity index is 1.80. The lowest BCUT2D eigenvalue weighted by molar-refractivity contribution is 0.102. The highest BCUT2D eigenvalue weighted by atomic mass is 16.5. The molecule has 1 aromatic carbocycles. The minimum absolute atomic E-state index is 0.317. The molecule has 0 aromatic heterocycles. The maximum atomic E-state index is 6.06. The average Bonchev–Trinajstić information content (AvgIpc) is 3.03. The van der Waals surface area contributed by atoms with Crippen molar-refractivity contribution in [3.05, 3.63) is 12.1 Å². The first kappa shape index (κ1) is 12.4. The number of benzene rings is 1. The van der Waals surface area contributed by atoms with Gasteiger partial charge in [-0.15, -0.1) is 0 Å². The van der Waals surface area contributed by atoms with E-state index in [2.05, 4.69) is 5.32 Å². The summed E-state index contributed by atoms with van der Waals surface area (Å²) in [5, 5.41) is 3.48. The van der Waals surface area contributed by atoms with Crippen LogP contribution in [0.2, 0.25) is 0 Å². The highest BCUT2D eigenvalue weighted by molar-refractivity contribution is 5.72. The zero-order valence-corrected chi connectivity index (χ0v) is 11.3. The monoisotopic (exact) mass is 264 g/mol. The van der Waals surface area contributed by atoms with Crippen LogP contribution < -0.4 is 20.5 Å². The van der Waals surface area contributed by atoms with E-state index in [0.29, 0.717) is 35.4 Å². The third-order valence-corrected chi connectivity index (χ3v) is 4.00. The van der Waals surface area contributed by atoms with Gasteiger partial charge in [0.1, 0.15) is 0 Å². The quantitative estimate of drug-likeness (QED) is 0.814. The number of ether oxygens (including phenoxy) is 3. The van der Waals surface area contributed by atoms with E-state index < -0.39 is 0 Å². The number of nitrogens with one attached hydrogen (secondary N) is 1. The van der Waals surface area contributed by atoms with Gasteiger partial charge in [-0.1, -0.05) is 0 Å². The van der Waals surface area contributed by atoms with Gasteiger partial charge in [-0.2, -0.15) is 0 Å². The van der Waals surface area contributed by atoms with Crippen molar-refractivity contribution in [3.63, 3.8) is 0 Å². The minimum Gasteiger partial charge on any atom is -0.493 e. The Morgan fingerprint density at radius 3 is 2.53 bits per heavy atom. The van der Waals surface area contributed by atoms with Gasteiger partial charge in [0.25, 0.3) is 0 Å². The van der Waals surface area contributed by atoms with Crippen LogP contribution in [0.1, 0.15) is 19.3 Å². The molecule has 5 heteroatoms. The summed E-state index contributed by atoms with van der Waals surface area (Å²) >= 11 is 0. The van der Waals surface area contributed by atoms with E-state index >= 15 is 0 Å². The molecule has 5 nitrogen and oxygen atoms in total. The summed E-state index contributed by atoms with van der Waals surface area (Å²) < 4.78 is 16.4. The van der Waals surface area contributed by atoms with E-state index in [1.807, 2.05) is 6.07 Å². The van der Waals surface area contributed by atoms with Crippen LogP contribution in [0.25, 0.3) is 0 Å². The van der Waals surface area contributed by atoms with Crippen molar-refractivity contribution in [2.75, 3.05) is 25.3 Å². The lowest BCUT2D eigenvalue weighted by Gasteiger charge is -2.23. The van der Waals surface area contributed by atoms with Gasteiger partial charge in [0.15, 0.2) is 11.5 Å². The Hall–Kier alpha value is -1.62. The van der Waals surface area contributed by atoms with Gasteiger partial charge >= 0.3 is 0 Å². The molecule has 3 atom stereocenters. The van der Waals surface area contributed by atoms with E-state index in [1.54, 1.807) is 20.3 Å². The number of rotatable bonds is 4. The zero-order valence-electron chi connectivity index (χ0n) is 11.3. The fourth-order valence-electron chi connectivity index (χ4n) is 3.01. The maximum absolute atomic E-state index is 6.06. The van der Waals surface area contributed by atoms with Gasteiger partial charge in [-0.3, -0.25) is 0 Å². The van der Waals surface area contributed by atoms with Crippen molar-refractivity contribution in [3.8, 4) is 11.5 Å². The van der Waals surface area contributed by atoms with Gasteiger partial charge in [0, 0.05) is 12.1 Å². The zero-order chi connectivity index (χ0) is 13.4. The third kappa shape index (κ3) is 2.18. The first-order valence-electron chi connectivity index (χ1n) is 6.64. The van der Waals surface area contributed by atoms with Crippen LogP contribution in [0.3, 0.4) is 0 Å². The Kier molecular flexibility index (Phi) is 3.14. The van der Waals surface area contributed by atoms with Gasteiger partial charge in [-0.25, -0.2) is 0 Å². The largest absolute Gasteiger partial charge is 0.493 e. The van der Waals surface area contributed by atoms with Crippen molar-refractivity contribution < 1.29 is 14.2 Å². The molecule has 2 saturated heterocycles. The average molecular weight is 264 g/mol. The molecule has 3 N–H and O–H groups in total. The fraction of sp³-hybridized carbons (Fsp3) is 0.571. The summed E-state index contributed by atoms with van der Waals surface area (Å²) in [6, 6.07) is 4.02. The summed E-state index contributed by atoms with van der Waals surface area (Å²) in [4.78, 5) is 0. The molecular weight excluding hydrogens is 244 g/mol. The molecule has 3 rings (SSSR count). The van der Waals surface area contributed by atoms with Crippen LogP contribution in [0.5, 0.6) is 11.5 Å². The molecule has 2 aliphatic heterocycles. The molecule has 2 heterocycles. The van der Waals surface area contributed by atoms with Crippen molar-refractivity contribution in [2.24, 2.45) is 0 Å². The summed E-state index contributed by atoms with van der Waals surface area (Å²) in [7, 11) is 3.23. The van der Waals surface area contributed by atoms with Crippen LogP contribution in [0, 0.1) is 0 Å². The smallest absolute Gasteiger partial charge is 0.162 e. The van der Waals surface area contributed by atoms with Crippen molar-refractivity contribution >= 4 is 11.4 Å². The van der Waals surface area contributed by atoms with Gasteiger partial charge in [0.2, 0.25) is 0 Å². The molecule has 2 fully saturated rings.